The molecule has 3 aromatic carbocycles. The van der Waals surface area contributed by atoms with Crippen molar-refractivity contribution >= 4 is 29.1 Å². The van der Waals surface area contributed by atoms with Crippen molar-refractivity contribution in [1.29, 1.82) is 0 Å². The van der Waals surface area contributed by atoms with Gasteiger partial charge in [0.2, 0.25) is 11.8 Å². The predicted octanol–water partition coefficient (Wildman–Crippen LogP) is 4.97. The zero-order valence-corrected chi connectivity index (χ0v) is 18.3. The molecule has 0 saturated heterocycles. The van der Waals surface area contributed by atoms with Crippen LogP contribution < -0.4 is 10.1 Å². The van der Waals surface area contributed by atoms with E-state index in [1.54, 1.807) is 25.2 Å². The highest BCUT2D eigenvalue weighted by molar-refractivity contribution is 6.31. The minimum absolute atomic E-state index is 0.0786. The lowest BCUT2D eigenvalue weighted by atomic mass is 9.88. The molecule has 5 nitrogen and oxygen atoms in total. The number of benzene rings is 3. The van der Waals surface area contributed by atoms with Gasteiger partial charge in [0.15, 0.2) is 0 Å². The number of nitrogens with zero attached hydrogens (tertiary/aromatic N) is 1. The second kappa shape index (κ2) is 10.6. The van der Waals surface area contributed by atoms with Crippen molar-refractivity contribution in [3.05, 3.63) is 95.0 Å². The Morgan fingerprint density at radius 1 is 0.968 bits per heavy atom. The number of ether oxygens (including phenoxy) is 1. The van der Waals surface area contributed by atoms with E-state index in [4.69, 9.17) is 16.3 Å². The summed E-state index contributed by atoms with van der Waals surface area (Å²) in [5.41, 5.74) is 2.58. The number of anilines is 1. The van der Waals surface area contributed by atoms with Crippen molar-refractivity contribution < 1.29 is 14.3 Å². The smallest absolute Gasteiger partial charge is 0.244 e. The number of rotatable bonds is 8. The summed E-state index contributed by atoms with van der Waals surface area (Å²) in [6, 6.07) is 24.8. The fourth-order valence-corrected chi connectivity index (χ4v) is 3.57. The van der Waals surface area contributed by atoms with Crippen LogP contribution in [0.15, 0.2) is 78.9 Å². The Balaban J connectivity index is 1.68. The number of amides is 2. The van der Waals surface area contributed by atoms with Crippen LogP contribution in [0.1, 0.15) is 23.5 Å². The summed E-state index contributed by atoms with van der Waals surface area (Å²) in [6.45, 7) is -0.0786. The van der Waals surface area contributed by atoms with Crippen LogP contribution in [0.5, 0.6) is 5.75 Å². The molecule has 0 radical (unpaired) electrons. The first-order valence-corrected chi connectivity index (χ1v) is 10.3. The maximum Gasteiger partial charge on any atom is 0.244 e. The van der Waals surface area contributed by atoms with Gasteiger partial charge in [0.25, 0.3) is 0 Å². The van der Waals surface area contributed by atoms with Crippen molar-refractivity contribution in [3.8, 4) is 5.75 Å². The fourth-order valence-electron chi connectivity index (χ4n) is 3.40. The van der Waals surface area contributed by atoms with Gasteiger partial charge in [-0.25, -0.2) is 0 Å². The highest BCUT2D eigenvalue weighted by Crippen LogP contribution is 2.29. The van der Waals surface area contributed by atoms with E-state index < -0.39 is 0 Å². The lowest BCUT2D eigenvalue weighted by Gasteiger charge is -2.22. The Bertz CT molecular complexity index is 986. The molecule has 0 aliphatic carbocycles. The molecule has 0 aliphatic rings. The third-order valence-electron chi connectivity index (χ3n) is 5.02. The van der Waals surface area contributed by atoms with Crippen LogP contribution in [-0.2, 0) is 9.59 Å². The number of carbonyl (C=O) groups is 2. The molecular weight excluding hydrogens is 412 g/mol. The number of carbonyl (C=O) groups excluding carboxylic acids is 2. The number of hydrogen-bond acceptors (Lipinski definition) is 3. The van der Waals surface area contributed by atoms with Gasteiger partial charge >= 0.3 is 0 Å². The van der Waals surface area contributed by atoms with E-state index in [1.807, 2.05) is 60.7 Å². The Labute approximate surface area is 187 Å². The van der Waals surface area contributed by atoms with E-state index in [0.29, 0.717) is 16.5 Å². The van der Waals surface area contributed by atoms with Crippen molar-refractivity contribution in [3.63, 3.8) is 0 Å². The largest absolute Gasteiger partial charge is 0.495 e. The highest BCUT2D eigenvalue weighted by Gasteiger charge is 2.22. The van der Waals surface area contributed by atoms with Gasteiger partial charge in [-0.15, -0.1) is 0 Å². The summed E-state index contributed by atoms with van der Waals surface area (Å²) in [4.78, 5) is 26.9. The van der Waals surface area contributed by atoms with Gasteiger partial charge in [-0.05, 0) is 29.3 Å². The Kier molecular flexibility index (Phi) is 7.68. The van der Waals surface area contributed by atoms with Gasteiger partial charge in [-0.1, -0.05) is 72.3 Å². The van der Waals surface area contributed by atoms with Crippen LogP contribution in [0.2, 0.25) is 5.02 Å². The van der Waals surface area contributed by atoms with Gasteiger partial charge in [-0.3, -0.25) is 9.59 Å². The van der Waals surface area contributed by atoms with Crippen LogP contribution in [0.3, 0.4) is 0 Å². The lowest BCUT2D eigenvalue weighted by molar-refractivity contribution is -0.133. The molecule has 3 aromatic rings. The molecule has 3 rings (SSSR count). The van der Waals surface area contributed by atoms with E-state index in [9.17, 15) is 9.59 Å². The van der Waals surface area contributed by atoms with Crippen molar-refractivity contribution in [2.75, 3.05) is 26.0 Å². The molecule has 6 heteroatoms. The maximum absolute atomic E-state index is 13.0. The van der Waals surface area contributed by atoms with Gasteiger partial charge in [0.05, 0.1) is 19.3 Å². The van der Waals surface area contributed by atoms with E-state index in [0.717, 1.165) is 11.1 Å². The standard InChI is InChI=1S/C25H25ClN2O3/c1-28(17-24(29)27-22-15-20(26)13-14-23(22)31-2)25(30)16-21(18-9-5-3-6-10-18)19-11-7-4-8-12-19/h3-15,21H,16-17H2,1-2H3,(H,27,29). The third kappa shape index (κ3) is 6.09. The molecule has 2 amide bonds. The molecule has 0 fully saturated rings. The maximum atomic E-state index is 13.0. The van der Waals surface area contributed by atoms with Crippen LogP contribution in [0.25, 0.3) is 0 Å². The summed E-state index contributed by atoms with van der Waals surface area (Å²) < 4.78 is 5.25. The second-order valence-corrected chi connectivity index (χ2v) is 7.66. The normalized spacial score (nSPS) is 10.6. The zero-order valence-electron chi connectivity index (χ0n) is 17.5. The fraction of sp³-hybridized carbons (Fsp3) is 0.200. The van der Waals surface area contributed by atoms with E-state index >= 15 is 0 Å². The molecule has 0 aromatic heterocycles. The first-order chi connectivity index (χ1) is 15.0. The molecule has 160 valence electrons. The minimum atomic E-state index is -0.326. The van der Waals surface area contributed by atoms with E-state index in [2.05, 4.69) is 5.32 Å². The highest BCUT2D eigenvalue weighted by atomic mass is 35.5. The molecule has 1 N–H and O–H groups in total. The summed E-state index contributed by atoms with van der Waals surface area (Å²) in [5, 5.41) is 3.24. The first kappa shape index (κ1) is 22.4. The van der Waals surface area contributed by atoms with Gasteiger partial charge in [0.1, 0.15) is 5.75 Å². The zero-order chi connectivity index (χ0) is 22.2. The van der Waals surface area contributed by atoms with E-state index in [-0.39, 0.29) is 30.7 Å². The molecule has 0 heterocycles. The summed E-state index contributed by atoms with van der Waals surface area (Å²) >= 11 is 6.02. The van der Waals surface area contributed by atoms with Crippen LogP contribution in [0.4, 0.5) is 5.69 Å². The summed E-state index contributed by atoms with van der Waals surface area (Å²) in [7, 11) is 3.14. The predicted molar refractivity (Wildman–Crippen MR) is 124 cm³/mol. The van der Waals surface area contributed by atoms with Gasteiger partial charge < -0.3 is 15.0 Å². The topological polar surface area (TPSA) is 58.6 Å². The molecule has 31 heavy (non-hydrogen) atoms. The van der Waals surface area contributed by atoms with Crippen LogP contribution in [-0.4, -0.2) is 37.4 Å². The van der Waals surface area contributed by atoms with Gasteiger partial charge in [-0.2, -0.15) is 0 Å². The lowest BCUT2D eigenvalue weighted by Crippen LogP contribution is -2.35. The summed E-state index contributed by atoms with van der Waals surface area (Å²) in [5.74, 6) is -0.0355. The SMILES string of the molecule is COc1ccc(Cl)cc1NC(=O)CN(C)C(=O)CC(c1ccccc1)c1ccccc1. The van der Waals surface area contributed by atoms with Crippen molar-refractivity contribution in [1.82, 2.24) is 4.90 Å². The van der Waals surface area contributed by atoms with Crippen LogP contribution >= 0.6 is 11.6 Å². The number of halogens is 1. The average molecular weight is 437 g/mol. The number of likely N-dealkylation sites (N-methyl/N-ethyl adjacent to an activating group) is 1. The molecular formula is C25H25ClN2O3. The average Bonchev–Trinajstić information content (AvgIpc) is 2.78. The Hall–Kier alpha value is -3.31. The molecule has 0 bridgehead atoms. The minimum Gasteiger partial charge on any atom is -0.495 e. The Morgan fingerprint density at radius 2 is 1.55 bits per heavy atom. The quantitative estimate of drug-likeness (QED) is 0.542. The first-order valence-electron chi connectivity index (χ1n) is 9.95. The molecule has 0 saturated carbocycles. The summed E-state index contributed by atoms with van der Waals surface area (Å²) in [6.07, 6.45) is 0.262. The van der Waals surface area contributed by atoms with Crippen molar-refractivity contribution in [2.45, 2.75) is 12.3 Å². The van der Waals surface area contributed by atoms with Crippen molar-refractivity contribution in [2.24, 2.45) is 0 Å². The third-order valence-corrected chi connectivity index (χ3v) is 5.26. The molecule has 0 atom stereocenters. The molecule has 0 aliphatic heterocycles. The number of nitrogens with one attached hydrogen (secondary N) is 1. The van der Waals surface area contributed by atoms with Gasteiger partial charge in [0, 0.05) is 24.4 Å². The molecule has 0 spiro atoms. The monoisotopic (exact) mass is 436 g/mol. The number of methoxy groups -OCH3 is 1. The second-order valence-electron chi connectivity index (χ2n) is 7.22. The van der Waals surface area contributed by atoms with Crippen LogP contribution in [0, 0.1) is 0 Å². The Morgan fingerprint density at radius 3 is 2.10 bits per heavy atom. The van der Waals surface area contributed by atoms with E-state index in [1.165, 1.54) is 12.0 Å². The molecule has 0 unspecified atom stereocenters. The number of hydrogen-bond donors (Lipinski definition) is 1.